The average molecular weight is 539 g/mol. The van der Waals surface area contributed by atoms with Crippen LogP contribution in [0, 0.1) is 11.6 Å². The minimum atomic E-state index is -0.852. The molecule has 8 nitrogen and oxygen atoms in total. The minimum Gasteiger partial charge on any atom is -0.508 e. The molecule has 39 heavy (non-hydrogen) atoms. The van der Waals surface area contributed by atoms with Gasteiger partial charge >= 0.3 is 0 Å². The van der Waals surface area contributed by atoms with Crippen LogP contribution in [-0.2, 0) is 4.74 Å². The largest absolute Gasteiger partial charge is 0.508 e. The van der Waals surface area contributed by atoms with Crippen molar-refractivity contribution in [2.24, 2.45) is 0 Å². The van der Waals surface area contributed by atoms with E-state index in [1.807, 2.05) is 6.92 Å². The Morgan fingerprint density at radius 1 is 0.974 bits per heavy atom. The van der Waals surface area contributed by atoms with Crippen LogP contribution in [0.25, 0.3) is 16.6 Å². The predicted octanol–water partition coefficient (Wildman–Crippen LogP) is 5.41. The zero-order chi connectivity index (χ0) is 28.1. The minimum absolute atomic E-state index is 0.0247. The van der Waals surface area contributed by atoms with Gasteiger partial charge in [-0.05, 0) is 37.6 Å². The van der Waals surface area contributed by atoms with Gasteiger partial charge in [0.15, 0.2) is 6.79 Å². The van der Waals surface area contributed by atoms with Crippen molar-refractivity contribution in [3.8, 4) is 22.9 Å². The fraction of sp³-hybridized carbons (Fsp3) is 0.241. The molecule has 0 bridgehead atoms. The number of aromatic hydroxyl groups is 1. The Morgan fingerprint density at radius 2 is 1.72 bits per heavy atom. The van der Waals surface area contributed by atoms with E-state index in [4.69, 9.17) is 14.2 Å². The third kappa shape index (κ3) is 6.01. The number of anilines is 1. The lowest BCUT2D eigenvalue weighted by atomic mass is 10.1. The second-order valence-corrected chi connectivity index (χ2v) is 8.68. The molecule has 0 spiro atoms. The first-order valence-electron chi connectivity index (χ1n) is 12.3. The van der Waals surface area contributed by atoms with Gasteiger partial charge in [0.2, 0.25) is 5.43 Å². The normalized spacial score (nSPS) is 11.0. The smallest absolute Gasteiger partial charge is 0.263 e. The van der Waals surface area contributed by atoms with Gasteiger partial charge in [-0.25, -0.2) is 8.78 Å². The molecule has 0 aliphatic rings. The lowest BCUT2D eigenvalue weighted by Crippen LogP contribution is -2.35. The Kier molecular flexibility index (Phi) is 8.46. The number of methoxy groups -OCH3 is 1. The van der Waals surface area contributed by atoms with Crippen LogP contribution < -0.4 is 19.8 Å². The highest BCUT2D eigenvalue weighted by molar-refractivity contribution is 6.07. The molecule has 1 N–H and O–H groups in total. The van der Waals surface area contributed by atoms with Gasteiger partial charge in [-0.15, -0.1) is 0 Å². The molecule has 0 atom stereocenters. The van der Waals surface area contributed by atoms with Gasteiger partial charge < -0.3 is 28.8 Å². The molecular formula is C29H28F2N2O6. The highest BCUT2D eigenvalue weighted by Crippen LogP contribution is 2.29. The second-order valence-electron chi connectivity index (χ2n) is 8.68. The highest BCUT2D eigenvalue weighted by atomic mass is 19.1. The number of phenolic OH excluding ortho intramolecular Hbond substituents is 1. The van der Waals surface area contributed by atoms with E-state index < -0.39 is 23.0 Å². The summed E-state index contributed by atoms with van der Waals surface area (Å²) >= 11 is 0. The van der Waals surface area contributed by atoms with Crippen LogP contribution >= 0.6 is 0 Å². The Labute approximate surface area is 223 Å². The van der Waals surface area contributed by atoms with Gasteiger partial charge in [0.25, 0.3) is 5.91 Å². The van der Waals surface area contributed by atoms with Crippen molar-refractivity contribution in [2.75, 3.05) is 32.0 Å². The Balaban J connectivity index is 1.94. The SMILES string of the molecule is CCCOc1cc(O)cc(-n2cc(C(=O)N(CC)c3cc(F)cc(F)c3)c(=O)c3ccc(OCOC)cc32)c1. The van der Waals surface area contributed by atoms with E-state index in [0.717, 1.165) is 23.5 Å². The van der Waals surface area contributed by atoms with E-state index in [1.54, 1.807) is 29.7 Å². The monoisotopic (exact) mass is 538 g/mol. The van der Waals surface area contributed by atoms with Gasteiger partial charge in [0.05, 0.1) is 17.8 Å². The number of rotatable bonds is 10. The Bertz CT molecular complexity index is 1550. The molecule has 0 fully saturated rings. The van der Waals surface area contributed by atoms with Gasteiger partial charge in [-0.3, -0.25) is 9.59 Å². The number of carbonyl (C=O) groups excluding carboxylic acids is 1. The number of phenols is 1. The summed E-state index contributed by atoms with van der Waals surface area (Å²) in [4.78, 5) is 28.4. The summed E-state index contributed by atoms with van der Waals surface area (Å²) in [7, 11) is 1.48. The summed E-state index contributed by atoms with van der Waals surface area (Å²) in [6, 6.07) is 12.0. The number of benzene rings is 3. The lowest BCUT2D eigenvalue weighted by Gasteiger charge is -2.22. The van der Waals surface area contributed by atoms with E-state index >= 15 is 0 Å². The number of carbonyl (C=O) groups is 1. The van der Waals surface area contributed by atoms with Crippen LogP contribution in [0.2, 0.25) is 0 Å². The van der Waals surface area contributed by atoms with Crippen LogP contribution in [-0.4, -0.2) is 42.6 Å². The van der Waals surface area contributed by atoms with Crippen molar-refractivity contribution >= 4 is 22.5 Å². The van der Waals surface area contributed by atoms with Crippen LogP contribution in [0.5, 0.6) is 17.2 Å². The standard InChI is InChI=1S/C29H28F2N2O6/c1-4-8-38-24-13-21(12-22(34)14-24)33-16-26(28(35)25-7-6-23(15-27(25)33)39-17-37-3)29(36)32(5-2)20-10-18(30)9-19(31)11-20/h6-7,9-16,34H,4-5,8,17H2,1-3H3. The average Bonchev–Trinajstić information content (AvgIpc) is 2.90. The molecule has 0 radical (unpaired) electrons. The first-order valence-corrected chi connectivity index (χ1v) is 12.3. The van der Waals surface area contributed by atoms with Crippen molar-refractivity contribution < 1.29 is 32.9 Å². The van der Waals surface area contributed by atoms with Gasteiger partial charge in [0.1, 0.15) is 34.4 Å². The summed E-state index contributed by atoms with van der Waals surface area (Å²) in [6.07, 6.45) is 2.09. The summed E-state index contributed by atoms with van der Waals surface area (Å²) in [5.41, 5.74) is -0.0515. The van der Waals surface area contributed by atoms with E-state index in [0.29, 0.717) is 35.4 Å². The van der Waals surface area contributed by atoms with Gasteiger partial charge in [-0.2, -0.15) is 0 Å². The molecule has 0 unspecified atom stereocenters. The van der Waals surface area contributed by atoms with Crippen LogP contribution in [0.15, 0.2) is 65.6 Å². The maximum Gasteiger partial charge on any atom is 0.263 e. The first-order chi connectivity index (χ1) is 18.7. The quantitative estimate of drug-likeness (QED) is 0.272. The van der Waals surface area contributed by atoms with Crippen LogP contribution in [0.1, 0.15) is 30.6 Å². The predicted molar refractivity (Wildman–Crippen MR) is 143 cm³/mol. The van der Waals surface area contributed by atoms with Gasteiger partial charge in [0, 0.05) is 61.3 Å². The maximum absolute atomic E-state index is 14.0. The number of nitrogens with zero attached hydrogens (tertiary/aromatic N) is 2. The molecule has 1 amide bonds. The number of hydrogen-bond acceptors (Lipinski definition) is 6. The van der Waals surface area contributed by atoms with Crippen molar-refractivity contribution in [1.29, 1.82) is 0 Å². The number of amides is 1. The molecular weight excluding hydrogens is 510 g/mol. The van der Waals surface area contributed by atoms with E-state index in [1.165, 1.54) is 31.5 Å². The number of fused-ring (bicyclic) bond motifs is 1. The lowest BCUT2D eigenvalue weighted by molar-refractivity contribution is 0.0512. The molecule has 3 aromatic carbocycles. The highest BCUT2D eigenvalue weighted by Gasteiger charge is 2.23. The van der Waals surface area contributed by atoms with Crippen molar-refractivity contribution in [1.82, 2.24) is 4.57 Å². The summed E-state index contributed by atoms with van der Waals surface area (Å²) in [5, 5.41) is 10.6. The van der Waals surface area contributed by atoms with Crippen molar-refractivity contribution in [3.05, 3.63) is 88.2 Å². The maximum atomic E-state index is 14.0. The van der Waals surface area contributed by atoms with E-state index in [9.17, 15) is 23.5 Å². The third-order valence-electron chi connectivity index (χ3n) is 5.90. The zero-order valence-corrected chi connectivity index (χ0v) is 21.7. The van der Waals surface area contributed by atoms with Crippen molar-refractivity contribution in [2.45, 2.75) is 20.3 Å². The second kappa shape index (κ2) is 12.0. The topological polar surface area (TPSA) is 90.2 Å². The molecule has 1 aromatic heterocycles. The van der Waals surface area contributed by atoms with Crippen LogP contribution in [0.3, 0.4) is 0 Å². The molecule has 0 aliphatic carbocycles. The number of halogens is 2. The molecule has 4 aromatic rings. The molecule has 0 saturated carbocycles. The molecule has 0 saturated heterocycles. The van der Waals surface area contributed by atoms with E-state index in [-0.39, 0.29) is 35.7 Å². The Hall–Kier alpha value is -4.44. The summed E-state index contributed by atoms with van der Waals surface area (Å²) in [6.45, 7) is 4.02. The number of ether oxygens (including phenoxy) is 3. The Morgan fingerprint density at radius 3 is 2.38 bits per heavy atom. The molecule has 1 heterocycles. The van der Waals surface area contributed by atoms with E-state index in [2.05, 4.69) is 0 Å². The number of hydrogen-bond donors (Lipinski definition) is 1. The number of pyridine rings is 1. The first kappa shape index (κ1) is 27.6. The number of aromatic nitrogens is 1. The summed E-state index contributed by atoms with van der Waals surface area (Å²) < 4.78 is 45.7. The molecule has 4 rings (SSSR count). The van der Waals surface area contributed by atoms with Crippen LogP contribution in [0.4, 0.5) is 14.5 Å². The molecule has 204 valence electrons. The fourth-order valence-corrected chi connectivity index (χ4v) is 4.18. The molecule has 0 aliphatic heterocycles. The zero-order valence-electron chi connectivity index (χ0n) is 21.7. The summed E-state index contributed by atoms with van der Waals surface area (Å²) in [5.74, 6) is -1.74. The fourth-order valence-electron chi connectivity index (χ4n) is 4.18. The molecule has 10 heteroatoms. The van der Waals surface area contributed by atoms with Gasteiger partial charge in [-0.1, -0.05) is 6.92 Å². The van der Waals surface area contributed by atoms with Crippen molar-refractivity contribution in [3.63, 3.8) is 0 Å². The third-order valence-corrected chi connectivity index (χ3v) is 5.90.